The van der Waals surface area contributed by atoms with Crippen molar-refractivity contribution in [1.29, 1.82) is 0 Å². The van der Waals surface area contributed by atoms with Gasteiger partial charge in [-0.25, -0.2) is 4.79 Å². The first kappa shape index (κ1) is 18.5. The number of benzene rings is 1. The maximum Gasteiger partial charge on any atom is 0.330 e. The fraction of sp³-hybridized carbons (Fsp3) is 0.471. The quantitative estimate of drug-likeness (QED) is 0.309. The minimum Gasteiger partial charge on any atom is -0.467 e. The molecule has 0 bridgehead atoms. The van der Waals surface area contributed by atoms with Crippen LogP contribution in [0.25, 0.3) is 0 Å². The molecule has 134 valence electrons. The maximum atomic E-state index is 12.6. The Kier molecular flexibility index (Phi) is 5.29. The third-order valence-electron chi connectivity index (χ3n) is 4.41. The molecule has 1 aromatic rings. The number of fused-ring (bicyclic) bond motifs is 1. The Morgan fingerprint density at radius 1 is 1.40 bits per heavy atom. The van der Waals surface area contributed by atoms with Crippen molar-refractivity contribution in [3.8, 4) is 0 Å². The number of alkyl halides is 1. The number of rotatable bonds is 4. The Labute approximate surface area is 164 Å². The number of β-lactam (4-membered cyclic amide) rings is 1. The number of halogens is 1. The van der Waals surface area contributed by atoms with Gasteiger partial charge in [0.25, 0.3) is 0 Å². The van der Waals surface area contributed by atoms with Crippen LogP contribution in [0.2, 0.25) is 0 Å². The summed E-state index contributed by atoms with van der Waals surface area (Å²) in [6.45, 7) is 1.94. The smallest absolute Gasteiger partial charge is 0.330 e. The van der Waals surface area contributed by atoms with E-state index >= 15 is 0 Å². The van der Waals surface area contributed by atoms with E-state index in [9.17, 15) is 14.4 Å². The van der Waals surface area contributed by atoms with Gasteiger partial charge >= 0.3 is 5.97 Å². The third-order valence-corrected chi connectivity index (χ3v) is 7.51. The molecule has 25 heavy (non-hydrogen) atoms. The van der Waals surface area contributed by atoms with Gasteiger partial charge in [0.15, 0.2) is 0 Å². The van der Waals surface area contributed by atoms with E-state index in [1.165, 1.54) is 7.11 Å². The van der Waals surface area contributed by atoms with Crippen LogP contribution in [0.5, 0.6) is 0 Å². The lowest BCUT2D eigenvalue weighted by Gasteiger charge is -2.56. The molecule has 3 unspecified atom stereocenters. The molecule has 6 nitrogen and oxygen atoms in total. The van der Waals surface area contributed by atoms with Gasteiger partial charge in [0.2, 0.25) is 11.8 Å². The molecule has 0 spiro atoms. The van der Waals surface area contributed by atoms with Gasteiger partial charge < -0.3 is 15.0 Å². The van der Waals surface area contributed by atoms with Crippen molar-refractivity contribution >= 4 is 52.1 Å². The van der Waals surface area contributed by atoms with Crippen LogP contribution < -0.4 is 5.32 Å². The first-order valence-electron chi connectivity index (χ1n) is 7.89. The first-order chi connectivity index (χ1) is 11.8. The third kappa shape index (κ3) is 3.51. The number of hydrogen-bond acceptors (Lipinski definition) is 5. The number of nitrogens with one attached hydrogen (secondary N) is 1. The summed E-state index contributed by atoms with van der Waals surface area (Å²) < 4.78 is 4.49. The molecule has 2 heterocycles. The standard InChI is InChI=1S/C17H19IN2O4S/c1-17(18)9-25-15-12(14(22)20(15)13(17)16(23)24-2)19-11(21)8-10-6-4-3-5-7-10/h3-7,12-13,15H,8-9H2,1-2H3,(H,19,21)/t12?,13?,15-,17?/m1/s1. The fourth-order valence-corrected chi connectivity index (χ4v) is 5.68. The summed E-state index contributed by atoms with van der Waals surface area (Å²) in [6, 6.07) is 8.18. The van der Waals surface area contributed by atoms with Crippen LogP contribution in [0.1, 0.15) is 12.5 Å². The van der Waals surface area contributed by atoms with Crippen LogP contribution in [-0.2, 0) is 25.5 Å². The second-order valence-corrected chi connectivity index (χ2v) is 9.93. The van der Waals surface area contributed by atoms with Crippen LogP contribution in [-0.4, -0.2) is 56.4 Å². The number of esters is 1. The second-order valence-electron chi connectivity index (χ2n) is 6.36. The van der Waals surface area contributed by atoms with Crippen LogP contribution in [0.15, 0.2) is 30.3 Å². The van der Waals surface area contributed by atoms with Crippen molar-refractivity contribution in [3.05, 3.63) is 35.9 Å². The summed E-state index contributed by atoms with van der Waals surface area (Å²) in [7, 11) is 1.33. The minimum atomic E-state index is -0.626. The normalized spacial score (nSPS) is 30.9. The van der Waals surface area contributed by atoms with Gasteiger partial charge in [-0.3, -0.25) is 9.59 Å². The summed E-state index contributed by atoms with van der Waals surface area (Å²) in [5.41, 5.74) is 0.896. The van der Waals surface area contributed by atoms with E-state index in [4.69, 9.17) is 4.74 Å². The highest BCUT2D eigenvalue weighted by Crippen LogP contribution is 2.46. The van der Waals surface area contributed by atoms with Crippen LogP contribution in [0.3, 0.4) is 0 Å². The average molecular weight is 474 g/mol. The lowest BCUT2D eigenvalue weighted by molar-refractivity contribution is -0.165. The molecule has 1 aromatic carbocycles. The van der Waals surface area contributed by atoms with Crippen molar-refractivity contribution in [3.63, 3.8) is 0 Å². The van der Waals surface area contributed by atoms with E-state index in [0.29, 0.717) is 5.75 Å². The van der Waals surface area contributed by atoms with Gasteiger partial charge in [0.1, 0.15) is 17.5 Å². The van der Waals surface area contributed by atoms with Crippen LogP contribution in [0, 0.1) is 0 Å². The molecule has 0 radical (unpaired) electrons. The number of hydrogen-bond donors (Lipinski definition) is 1. The van der Waals surface area contributed by atoms with Crippen molar-refractivity contribution in [2.45, 2.75) is 34.2 Å². The Hall–Kier alpha value is -1.29. The molecule has 0 aliphatic carbocycles. The van der Waals surface area contributed by atoms with Crippen molar-refractivity contribution in [2.75, 3.05) is 12.9 Å². The first-order valence-corrected chi connectivity index (χ1v) is 10.0. The van der Waals surface area contributed by atoms with Gasteiger partial charge in [0, 0.05) is 5.75 Å². The molecule has 8 heteroatoms. The SMILES string of the molecule is COC(=O)C1N2C(=O)C(NC(=O)Cc3ccccc3)[C@H]2SCC1(C)I. The van der Waals surface area contributed by atoms with Crippen LogP contribution in [0.4, 0.5) is 0 Å². The summed E-state index contributed by atoms with van der Waals surface area (Å²) in [5.74, 6) is -0.129. The van der Waals surface area contributed by atoms with E-state index in [2.05, 4.69) is 27.9 Å². The van der Waals surface area contributed by atoms with E-state index in [1.54, 1.807) is 16.7 Å². The van der Waals surface area contributed by atoms with E-state index in [1.807, 2.05) is 37.3 Å². The largest absolute Gasteiger partial charge is 0.467 e. The number of amides is 2. The van der Waals surface area contributed by atoms with Crippen LogP contribution >= 0.6 is 34.4 Å². The number of thioether (sulfide) groups is 1. The zero-order valence-corrected chi connectivity index (χ0v) is 16.9. The molecule has 3 rings (SSSR count). The molecule has 2 aliphatic rings. The Morgan fingerprint density at radius 2 is 2.08 bits per heavy atom. The minimum absolute atomic E-state index is 0.192. The highest BCUT2D eigenvalue weighted by atomic mass is 127. The molecule has 2 amide bonds. The number of nitrogens with zero attached hydrogens (tertiary/aromatic N) is 1. The number of methoxy groups -OCH3 is 1. The molecule has 2 aliphatic heterocycles. The summed E-state index contributed by atoms with van der Waals surface area (Å²) in [6.07, 6.45) is 0.229. The van der Waals surface area contributed by atoms with Crippen molar-refractivity contribution in [1.82, 2.24) is 10.2 Å². The van der Waals surface area contributed by atoms with Gasteiger partial charge in [0.05, 0.1) is 17.0 Å². The number of carbonyl (C=O) groups excluding carboxylic acids is 3. The molecule has 4 atom stereocenters. The lowest BCUT2D eigenvalue weighted by Crippen LogP contribution is -2.78. The molecular formula is C17H19IN2O4S. The lowest BCUT2D eigenvalue weighted by atomic mass is 9.94. The zero-order chi connectivity index (χ0) is 18.2. The monoisotopic (exact) mass is 474 g/mol. The van der Waals surface area contributed by atoms with E-state index in [-0.39, 0.29) is 23.6 Å². The predicted molar refractivity (Wildman–Crippen MR) is 103 cm³/mol. The number of ether oxygens (including phenoxy) is 1. The summed E-state index contributed by atoms with van der Waals surface area (Å²) in [4.78, 5) is 38.6. The van der Waals surface area contributed by atoms with E-state index < -0.39 is 21.5 Å². The molecule has 1 N–H and O–H groups in total. The van der Waals surface area contributed by atoms with Gasteiger partial charge in [-0.15, -0.1) is 11.8 Å². The second kappa shape index (κ2) is 7.14. The molecule has 0 saturated carbocycles. The molecule has 2 fully saturated rings. The highest BCUT2D eigenvalue weighted by molar-refractivity contribution is 14.1. The van der Waals surface area contributed by atoms with Gasteiger partial charge in [-0.05, 0) is 12.5 Å². The zero-order valence-electron chi connectivity index (χ0n) is 13.9. The van der Waals surface area contributed by atoms with Gasteiger partial charge in [-0.1, -0.05) is 52.9 Å². The van der Waals surface area contributed by atoms with Crippen molar-refractivity contribution in [2.24, 2.45) is 0 Å². The molecule has 0 aromatic heterocycles. The average Bonchev–Trinajstić information content (AvgIpc) is 2.59. The summed E-state index contributed by atoms with van der Waals surface area (Å²) >= 11 is 3.79. The Bertz CT molecular complexity index is 697. The highest BCUT2D eigenvalue weighted by Gasteiger charge is 2.61. The predicted octanol–water partition coefficient (Wildman–Crippen LogP) is 1.36. The van der Waals surface area contributed by atoms with E-state index in [0.717, 1.165) is 5.56 Å². The summed E-state index contributed by atoms with van der Waals surface area (Å²) in [5, 5.41) is 2.59. The fourth-order valence-electron chi connectivity index (χ4n) is 3.16. The van der Waals surface area contributed by atoms with Gasteiger partial charge in [-0.2, -0.15) is 0 Å². The molecule has 2 saturated heterocycles. The topological polar surface area (TPSA) is 75.7 Å². The Morgan fingerprint density at radius 3 is 2.72 bits per heavy atom. The van der Waals surface area contributed by atoms with Crippen molar-refractivity contribution < 1.29 is 19.1 Å². The Balaban J connectivity index is 1.68. The maximum absolute atomic E-state index is 12.6. The molecular weight excluding hydrogens is 455 g/mol. The number of carbonyl (C=O) groups is 3.